The minimum absolute atomic E-state index is 1.04. The molecule has 0 unspecified atom stereocenters. The molecule has 0 bridgehead atoms. The van der Waals surface area contributed by atoms with Crippen molar-refractivity contribution in [1.82, 2.24) is 4.98 Å². The average molecular weight is 258 g/mol. The highest BCUT2D eigenvalue weighted by Gasteiger charge is 2.02. The Morgan fingerprint density at radius 3 is 2.53 bits per heavy atom. The molecule has 0 saturated heterocycles. The Morgan fingerprint density at radius 2 is 1.60 bits per heavy atom. The van der Waals surface area contributed by atoms with Crippen molar-refractivity contribution < 1.29 is 0 Å². The fourth-order valence-corrected chi connectivity index (χ4v) is 2.32. The van der Waals surface area contributed by atoms with Gasteiger partial charge in [-0.05, 0) is 17.5 Å². The molecule has 0 amide bonds. The SMILES string of the molecule is Brc1cccc2c1cnc1ccccc12. The first kappa shape index (κ1) is 8.86. The molecule has 15 heavy (non-hydrogen) atoms. The standard InChI is InChI=1S/C13H8BrN/c14-12-6-3-5-9-10-4-1-2-7-13(10)15-8-11(9)12/h1-8H. The van der Waals surface area contributed by atoms with Crippen LogP contribution in [0.15, 0.2) is 53.1 Å². The topological polar surface area (TPSA) is 12.9 Å². The van der Waals surface area contributed by atoms with Gasteiger partial charge in [0.25, 0.3) is 0 Å². The molecule has 0 saturated carbocycles. The van der Waals surface area contributed by atoms with Crippen molar-refractivity contribution in [2.24, 2.45) is 0 Å². The van der Waals surface area contributed by atoms with E-state index in [2.05, 4.69) is 39.1 Å². The van der Waals surface area contributed by atoms with E-state index in [9.17, 15) is 0 Å². The van der Waals surface area contributed by atoms with Gasteiger partial charge in [0.05, 0.1) is 5.52 Å². The third kappa shape index (κ3) is 1.33. The van der Waals surface area contributed by atoms with Crippen molar-refractivity contribution in [1.29, 1.82) is 0 Å². The van der Waals surface area contributed by atoms with Gasteiger partial charge in [0.2, 0.25) is 0 Å². The first-order valence-electron chi connectivity index (χ1n) is 4.78. The zero-order valence-corrected chi connectivity index (χ0v) is 9.53. The van der Waals surface area contributed by atoms with Gasteiger partial charge in [-0.25, -0.2) is 0 Å². The molecule has 0 aliphatic heterocycles. The number of pyridine rings is 1. The van der Waals surface area contributed by atoms with Gasteiger partial charge in [0.1, 0.15) is 0 Å². The maximum absolute atomic E-state index is 4.44. The lowest BCUT2D eigenvalue weighted by molar-refractivity contribution is 1.44. The maximum atomic E-state index is 4.44. The van der Waals surface area contributed by atoms with E-state index in [0.29, 0.717) is 0 Å². The van der Waals surface area contributed by atoms with Crippen LogP contribution in [0, 0.1) is 0 Å². The van der Waals surface area contributed by atoms with Crippen LogP contribution in [0.3, 0.4) is 0 Å². The molecule has 0 radical (unpaired) electrons. The minimum Gasteiger partial charge on any atom is -0.256 e. The Hall–Kier alpha value is -1.41. The summed E-state index contributed by atoms with van der Waals surface area (Å²) in [7, 11) is 0. The number of hydrogen-bond donors (Lipinski definition) is 0. The van der Waals surface area contributed by atoms with E-state index in [1.165, 1.54) is 10.8 Å². The molecular weight excluding hydrogens is 250 g/mol. The highest BCUT2D eigenvalue weighted by Crippen LogP contribution is 2.28. The van der Waals surface area contributed by atoms with Crippen molar-refractivity contribution in [3.05, 3.63) is 53.1 Å². The van der Waals surface area contributed by atoms with Gasteiger partial charge in [-0.3, -0.25) is 4.98 Å². The average Bonchev–Trinajstić information content (AvgIpc) is 2.29. The van der Waals surface area contributed by atoms with Gasteiger partial charge in [-0.1, -0.05) is 46.3 Å². The summed E-state index contributed by atoms with van der Waals surface area (Å²) in [4.78, 5) is 4.44. The number of halogens is 1. The van der Waals surface area contributed by atoms with Crippen LogP contribution in [-0.4, -0.2) is 4.98 Å². The summed E-state index contributed by atoms with van der Waals surface area (Å²) >= 11 is 3.54. The number of para-hydroxylation sites is 1. The van der Waals surface area contributed by atoms with Crippen LogP contribution in [0.25, 0.3) is 21.7 Å². The molecule has 3 aromatic rings. The first-order chi connectivity index (χ1) is 7.36. The van der Waals surface area contributed by atoms with Crippen molar-refractivity contribution in [3.63, 3.8) is 0 Å². The van der Waals surface area contributed by atoms with Gasteiger partial charge in [0.15, 0.2) is 0 Å². The molecule has 0 fully saturated rings. The van der Waals surface area contributed by atoms with Crippen LogP contribution < -0.4 is 0 Å². The number of aromatic nitrogens is 1. The van der Waals surface area contributed by atoms with Gasteiger partial charge < -0.3 is 0 Å². The molecule has 0 N–H and O–H groups in total. The second-order valence-corrected chi connectivity index (χ2v) is 4.33. The normalized spacial score (nSPS) is 11.0. The van der Waals surface area contributed by atoms with E-state index in [1.54, 1.807) is 0 Å². The molecule has 0 aliphatic rings. The summed E-state index contributed by atoms with van der Waals surface area (Å²) in [6.45, 7) is 0. The van der Waals surface area contributed by atoms with Gasteiger partial charge >= 0.3 is 0 Å². The summed E-state index contributed by atoms with van der Waals surface area (Å²) in [6, 6.07) is 14.4. The molecule has 1 nitrogen and oxygen atoms in total. The molecule has 2 heteroatoms. The second-order valence-electron chi connectivity index (χ2n) is 3.48. The van der Waals surface area contributed by atoms with Crippen LogP contribution in [0.4, 0.5) is 0 Å². The molecule has 2 aromatic carbocycles. The molecule has 0 atom stereocenters. The number of benzene rings is 2. The summed E-state index contributed by atoms with van der Waals surface area (Å²) in [5.74, 6) is 0. The molecule has 1 aromatic heterocycles. The zero-order chi connectivity index (χ0) is 10.3. The Labute approximate surface area is 95.9 Å². The van der Waals surface area contributed by atoms with Crippen LogP contribution in [0.2, 0.25) is 0 Å². The van der Waals surface area contributed by atoms with Crippen molar-refractivity contribution in [3.8, 4) is 0 Å². The van der Waals surface area contributed by atoms with Crippen LogP contribution in [0.1, 0.15) is 0 Å². The van der Waals surface area contributed by atoms with E-state index in [4.69, 9.17) is 0 Å². The lowest BCUT2D eigenvalue weighted by Crippen LogP contribution is -1.81. The highest BCUT2D eigenvalue weighted by molar-refractivity contribution is 9.10. The number of hydrogen-bond acceptors (Lipinski definition) is 1. The van der Waals surface area contributed by atoms with E-state index in [0.717, 1.165) is 15.4 Å². The molecule has 72 valence electrons. The smallest absolute Gasteiger partial charge is 0.0708 e. The molecule has 0 aliphatic carbocycles. The van der Waals surface area contributed by atoms with Crippen LogP contribution >= 0.6 is 15.9 Å². The Morgan fingerprint density at radius 1 is 0.800 bits per heavy atom. The Bertz CT molecular complexity index is 646. The third-order valence-corrected chi connectivity index (χ3v) is 3.27. The predicted octanol–water partition coefficient (Wildman–Crippen LogP) is 4.15. The zero-order valence-electron chi connectivity index (χ0n) is 7.94. The lowest BCUT2D eigenvalue weighted by Gasteiger charge is -2.03. The number of rotatable bonds is 0. The van der Waals surface area contributed by atoms with Crippen LogP contribution in [0.5, 0.6) is 0 Å². The summed E-state index contributed by atoms with van der Waals surface area (Å²) in [5.41, 5.74) is 1.04. The van der Waals surface area contributed by atoms with Crippen molar-refractivity contribution in [2.45, 2.75) is 0 Å². The quantitative estimate of drug-likeness (QED) is 0.552. The monoisotopic (exact) mass is 257 g/mol. The lowest BCUT2D eigenvalue weighted by atomic mass is 10.1. The number of fused-ring (bicyclic) bond motifs is 3. The van der Waals surface area contributed by atoms with Gasteiger partial charge in [0, 0.05) is 21.4 Å². The molecular formula is C13H8BrN. The molecule has 3 rings (SSSR count). The predicted molar refractivity (Wildman–Crippen MR) is 66.9 cm³/mol. The van der Waals surface area contributed by atoms with Gasteiger partial charge in [-0.2, -0.15) is 0 Å². The Kier molecular flexibility index (Phi) is 1.96. The fraction of sp³-hybridized carbons (Fsp3) is 0. The fourth-order valence-electron chi connectivity index (χ4n) is 1.85. The summed E-state index contributed by atoms with van der Waals surface area (Å²) in [6.07, 6.45) is 1.92. The van der Waals surface area contributed by atoms with E-state index < -0.39 is 0 Å². The van der Waals surface area contributed by atoms with E-state index in [1.807, 2.05) is 30.5 Å². The second kappa shape index (κ2) is 3.31. The van der Waals surface area contributed by atoms with E-state index in [-0.39, 0.29) is 0 Å². The molecule has 1 heterocycles. The third-order valence-electron chi connectivity index (χ3n) is 2.58. The van der Waals surface area contributed by atoms with Crippen molar-refractivity contribution in [2.75, 3.05) is 0 Å². The molecule has 0 spiro atoms. The largest absolute Gasteiger partial charge is 0.256 e. The minimum atomic E-state index is 1.04. The first-order valence-corrected chi connectivity index (χ1v) is 5.57. The van der Waals surface area contributed by atoms with Crippen molar-refractivity contribution >= 4 is 37.6 Å². The summed E-state index contributed by atoms with van der Waals surface area (Å²) < 4.78 is 1.10. The number of nitrogens with zero attached hydrogens (tertiary/aromatic N) is 1. The van der Waals surface area contributed by atoms with E-state index >= 15 is 0 Å². The summed E-state index contributed by atoms with van der Waals surface area (Å²) in [5, 5.41) is 3.61. The maximum Gasteiger partial charge on any atom is 0.0708 e. The Balaban J connectivity index is 2.60. The van der Waals surface area contributed by atoms with Gasteiger partial charge in [-0.15, -0.1) is 0 Å². The highest BCUT2D eigenvalue weighted by atomic mass is 79.9. The van der Waals surface area contributed by atoms with Crippen LogP contribution in [-0.2, 0) is 0 Å².